The molecule has 3 aliphatic rings. The molecular weight excluding hydrogens is 398 g/mol. The van der Waals surface area contributed by atoms with Crippen molar-refractivity contribution >= 4 is 23.0 Å². The van der Waals surface area contributed by atoms with Crippen LogP contribution in [0.25, 0.3) is 10.9 Å². The Hall–Kier alpha value is -3.13. The van der Waals surface area contributed by atoms with Gasteiger partial charge >= 0.3 is 12.1 Å². The van der Waals surface area contributed by atoms with E-state index in [2.05, 4.69) is 21.8 Å². The van der Waals surface area contributed by atoms with Gasteiger partial charge in [0, 0.05) is 23.7 Å². The number of ether oxygens (including phenoxy) is 2. The lowest BCUT2D eigenvalue weighted by Crippen LogP contribution is -2.55. The number of rotatable bonds is 7. The second kappa shape index (κ2) is 8.93. The van der Waals surface area contributed by atoms with Crippen molar-refractivity contribution in [2.24, 2.45) is 11.8 Å². The highest BCUT2D eigenvalue weighted by atomic mass is 16.6. The average Bonchev–Trinajstić information content (AvgIpc) is 2.80. The second-order valence-corrected chi connectivity index (χ2v) is 8.10. The number of aliphatic carboxylic acids is 1. The first kappa shape index (κ1) is 21.1. The number of alkyl carbamates (subject to hydrolysis) is 1. The summed E-state index contributed by atoms with van der Waals surface area (Å²) in [6.45, 7) is 5.30. The molecule has 5 rings (SSSR count). The van der Waals surface area contributed by atoms with Gasteiger partial charge in [0.15, 0.2) is 0 Å². The number of carbonyl (C=O) groups excluding carboxylic acids is 1. The summed E-state index contributed by atoms with van der Waals surface area (Å²) in [5.74, 6) is 0.485. The predicted molar refractivity (Wildman–Crippen MR) is 115 cm³/mol. The van der Waals surface area contributed by atoms with Gasteiger partial charge in [-0.15, -0.1) is 6.58 Å². The first-order valence-electron chi connectivity index (χ1n) is 10.5. The summed E-state index contributed by atoms with van der Waals surface area (Å²) in [6, 6.07) is 7.47. The van der Waals surface area contributed by atoms with Crippen LogP contribution in [-0.4, -0.2) is 59.8 Å². The van der Waals surface area contributed by atoms with Crippen LogP contribution >= 0.6 is 0 Å². The minimum atomic E-state index is -1.12. The van der Waals surface area contributed by atoms with Crippen molar-refractivity contribution in [2.75, 3.05) is 26.7 Å². The Balaban J connectivity index is 1.71. The Morgan fingerprint density at radius 2 is 2.26 bits per heavy atom. The van der Waals surface area contributed by atoms with Gasteiger partial charge in [0.1, 0.15) is 18.4 Å². The Kier molecular flexibility index (Phi) is 6.08. The van der Waals surface area contributed by atoms with Gasteiger partial charge in [-0.1, -0.05) is 6.08 Å². The number of amides is 1. The Morgan fingerprint density at radius 1 is 1.42 bits per heavy atom. The van der Waals surface area contributed by atoms with Crippen LogP contribution in [0, 0.1) is 11.8 Å². The molecule has 3 fully saturated rings. The van der Waals surface area contributed by atoms with E-state index in [-0.39, 0.29) is 6.04 Å². The molecule has 0 saturated carbocycles. The van der Waals surface area contributed by atoms with Crippen LogP contribution in [0.2, 0.25) is 0 Å². The van der Waals surface area contributed by atoms with Crippen LogP contribution in [0.5, 0.6) is 5.75 Å². The number of methoxy groups -OCH3 is 1. The highest BCUT2D eigenvalue weighted by molar-refractivity contribution is 5.84. The summed E-state index contributed by atoms with van der Waals surface area (Å²) >= 11 is 0. The number of pyridine rings is 1. The van der Waals surface area contributed by atoms with Crippen molar-refractivity contribution in [3.8, 4) is 5.75 Å². The van der Waals surface area contributed by atoms with E-state index in [1.807, 2.05) is 30.3 Å². The predicted octanol–water partition coefficient (Wildman–Crippen LogP) is 2.99. The van der Waals surface area contributed by atoms with Crippen molar-refractivity contribution in [1.29, 1.82) is 0 Å². The molecule has 8 heteroatoms. The fourth-order valence-corrected chi connectivity index (χ4v) is 4.87. The molecule has 164 valence electrons. The van der Waals surface area contributed by atoms with E-state index in [0.29, 0.717) is 17.6 Å². The smallest absolute Gasteiger partial charge is 0.408 e. The van der Waals surface area contributed by atoms with Crippen LogP contribution in [-0.2, 0) is 9.53 Å². The number of nitrogens with zero attached hydrogens (tertiary/aromatic N) is 2. The molecule has 8 nitrogen and oxygen atoms in total. The lowest BCUT2D eigenvalue weighted by atomic mass is 9.73. The van der Waals surface area contributed by atoms with Crippen molar-refractivity contribution in [3.63, 3.8) is 0 Å². The zero-order valence-corrected chi connectivity index (χ0v) is 17.5. The van der Waals surface area contributed by atoms with Gasteiger partial charge < -0.3 is 19.9 Å². The lowest BCUT2D eigenvalue weighted by Gasteiger charge is -2.51. The molecular formula is C23H27N3O5. The van der Waals surface area contributed by atoms with Gasteiger partial charge in [0.05, 0.1) is 18.7 Å². The Morgan fingerprint density at radius 3 is 2.94 bits per heavy atom. The van der Waals surface area contributed by atoms with Crippen LogP contribution < -0.4 is 10.1 Å². The minimum absolute atomic E-state index is 0.0117. The summed E-state index contributed by atoms with van der Waals surface area (Å²) < 4.78 is 11.3. The topological polar surface area (TPSA) is 101 Å². The Labute approximate surface area is 180 Å². The maximum Gasteiger partial charge on any atom is 0.408 e. The quantitative estimate of drug-likeness (QED) is 0.658. The summed E-state index contributed by atoms with van der Waals surface area (Å²) in [5, 5.41) is 12.1. The molecule has 2 bridgehead atoms. The molecule has 1 unspecified atom stereocenters. The third-order valence-electron chi connectivity index (χ3n) is 6.41. The number of carbonyl (C=O) groups is 2. The van der Waals surface area contributed by atoms with Gasteiger partial charge in [0.2, 0.25) is 0 Å². The number of hydrogen-bond donors (Lipinski definition) is 2. The van der Waals surface area contributed by atoms with Crippen molar-refractivity contribution < 1.29 is 24.2 Å². The summed E-state index contributed by atoms with van der Waals surface area (Å²) in [7, 11) is 1.60. The summed E-state index contributed by atoms with van der Waals surface area (Å²) in [5.41, 5.74) is 1.61. The highest BCUT2D eigenvalue weighted by Crippen LogP contribution is 2.43. The third kappa shape index (κ3) is 4.34. The molecule has 2 aromatic rings. The van der Waals surface area contributed by atoms with E-state index >= 15 is 0 Å². The first-order chi connectivity index (χ1) is 15.0. The van der Waals surface area contributed by atoms with Gasteiger partial charge in [-0.2, -0.15) is 0 Å². The zero-order valence-electron chi connectivity index (χ0n) is 17.5. The Bertz CT molecular complexity index is 994. The number of piperidine rings is 3. The number of fused-ring (bicyclic) bond motifs is 4. The zero-order chi connectivity index (χ0) is 22.0. The van der Waals surface area contributed by atoms with E-state index in [9.17, 15) is 9.59 Å². The van der Waals surface area contributed by atoms with E-state index in [0.717, 1.165) is 42.4 Å². The van der Waals surface area contributed by atoms with Crippen LogP contribution in [0.1, 0.15) is 24.5 Å². The molecule has 4 heterocycles. The number of carboxylic acid groups (broad SMARTS) is 1. The van der Waals surface area contributed by atoms with Crippen LogP contribution in [0.15, 0.2) is 43.1 Å². The maximum absolute atomic E-state index is 12.5. The fourth-order valence-electron chi connectivity index (χ4n) is 4.87. The molecule has 1 aromatic carbocycles. The number of hydrogen-bond acceptors (Lipinski definition) is 6. The van der Waals surface area contributed by atoms with E-state index in [1.165, 1.54) is 0 Å². The molecule has 3 aliphatic heterocycles. The highest BCUT2D eigenvalue weighted by Gasteiger charge is 2.44. The molecule has 2 N–H and O–H groups in total. The minimum Gasteiger partial charge on any atom is -0.497 e. The van der Waals surface area contributed by atoms with Crippen molar-refractivity contribution in [3.05, 3.63) is 48.7 Å². The molecule has 31 heavy (non-hydrogen) atoms. The first-order valence-corrected chi connectivity index (χ1v) is 10.5. The SMILES string of the molecule is C=C[C@H]1CN2CC[C@H]1C[C@@H]2[C@@H](OC(=O)NCC(=O)O)c1ccnc2ccc(OC)cc12. The molecule has 5 atom stereocenters. The largest absolute Gasteiger partial charge is 0.497 e. The number of carboxylic acids is 1. The van der Waals surface area contributed by atoms with Crippen LogP contribution in [0.3, 0.4) is 0 Å². The summed E-state index contributed by atoms with van der Waals surface area (Å²) in [4.78, 5) is 30.2. The van der Waals surface area contributed by atoms with E-state index < -0.39 is 24.7 Å². The second-order valence-electron chi connectivity index (χ2n) is 8.10. The lowest BCUT2D eigenvalue weighted by molar-refractivity contribution is -0.136. The standard InChI is InChI=1S/C23H27N3O5/c1-3-14-13-26-9-7-15(14)10-20(26)22(31-23(29)25-12-21(27)28)17-6-8-24-19-5-4-16(30-2)11-18(17)19/h3-6,8,11,14-15,20,22H,1,7,9-10,12-13H2,2H3,(H,25,29)(H,27,28)/t14-,15-,20+,22-/m0/s1. The molecule has 0 radical (unpaired) electrons. The third-order valence-corrected chi connectivity index (χ3v) is 6.41. The van der Waals surface area contributed by atoms with Crippen LogP contribution in [0.4, 0.5) is 4.79 Å². The molecule has 1 aromatic heterocycles. The van der Waals surface area contributed by atoms with E-state index in [4.69, 9.17) is 14.6 Å². The van der Waals surface area contributed by atoms with E-state index in [1.54, 1.807) is 13.3 Å². The summed E-state index contributed by atoms with van der Waals surface area (Å²) in [6.07, 6.45) is 4.38. The maximum atomic E-state index is 12.5. The fraction of sp³-hybridized carbons (Fsp3) is 0.435. The molecule has 0 aliphatic carbocycles. The van der Waals surface area contributed by atoms with Gasteiger partial charge in [0.25, 0.3) is 0 Å². The number of nitrogens with one attached hydrogen (secondary N) is 1. The van der Waals surface area contributed by atoms with Gasteiger partial charge in [-0.3, -0.25) is 14.7 Å². The van der Waals surface area contributed by atoms with Gasteiger partial charge in [-0.05, 0) is 55.5 Å². The molecule has 0 spiro atoms. The van der Waals surface area contributed by atoms with Crippen molar-refractivity contribution in [1.82, 2.24) is 15.2 Å². The normalized spacial score (nSPS) is 25.6. The van der Waals surface area contributed by atoms with Gasteiger partial charge in [-0.25, -0.2) is 4.79 Å². The number of benzene rings is 1. The van der Waals surface area contributed by atoms with Crippen molar-refractivity contribution in [2.45, 2.75) is 25.0 Å². The monoisotopic (exact) mass is 425 g/mol. The average molecular weight is 425 g/mol. The number of aromatic nitrogens is 1. The molecule has 1 amide bonds. The molecule has 3 saturated heterocycles.